The van der Waals surface area contributed by atoms with E-state index in [-0.39, 0.29) is 14.9 Å². The Bertz CT molecular complexity index is 56.5. The minimum absolute atomic E-state index is 0. The van der Waals surface area contributed by atoms with Gasteiger partial charge in [-0.3, -0.25) is 0 Å². The zero-order valence-electron chi connectivity index (χ0n) is 11.7. The molecule has 0 rings (SSSR count). The fraction of sp³-hybridized carbons (Fsp3) is 1.00. The van der Waals surface area contributed by atoms with Gasteiger partial charge in [-0.1, -0.05) is 76.2 Å². The molecule has 0 aliphatic carbocycles. The van der Waals surface area contributed by atoms with E-state index in [0.717, 1.165) is 0 Å². The minimum Gasteiger partial charge on any atom is -0.304 e. The second kappa shape index (κ2) is 36.3. The largest absolute Gasteiger partial charge is 0.304 e. The van der Waals surface area contributed by atoms with E-state index in [1.165, 1.54) is 38.9 Å². The second-order valence-electron chi connectivity index (χ2n) is 3.44. The summed E-state index contributed by atoms with van der Waals surface area (Å²) in [5, 5.41) is 0. The van der Waals surface area contributed by atoms with Crippen LogP contribution in [0.15, 0.2) is 0 Å². The van der Waals surface area contributed by atoms with Crippen molar-refractivity contribution in [3.05, 3.63) is 0 Å². The van der Waals surface area contributed by atoms with E-state index in [1.54, 1.807) is 0 Å². The van der Waals surface area contributed by atoms with E-state index in [4.69, 9.17) is 0 Å². The normalized spacial score (nSPS) is 7.50. The highest BCUT2D eigenvalue weighted by molar-refractivity contribution is 4.47. The molecule has 106 valence electrons. The van der Waals surface area contributed by atoms with Crippen LogP contribution in [0.5, 0.6) is 0 Å². The lowest BCUT2D eigenvalue weighted by molar-refractivity contribution is 0.304. The third kappa shape index (κ3) is 48.4. The highest BCUT2D eigenvalue weighted by atomic mass is 15.1. The van der Waals surface area contributed by atoms with E-state index in [9.17, 15) is 0 Å². The van der Waals surface area contributed by atoms with E-state index in [0.29, 0.717) is 0 Å². The first-order valence-corrected chi connectivity index (χ1v) is 6.40. The van der Waals surface area contributed by atoms with Gasteiger partial charge in [0.2, 0.25) is 0 Å². The number of nitrogens with zero attached hydrogens (tertiary/aromatic N) is 1. The Morgan fingerprint density at radius 3 is 0.938 bits per heavy atom. The number of rotatable bonds is 4. The first-order chi connectivity index (χ1) is 6.67. The van der Waals surface area contributed by atoms with Gasteiger partial charge in [0.05, 0.1) is 0 Å². The lowest BCUT2D eigenvalue weighted by Gasteiger charge is -2.15. The minimum atomic E-state index is 0. The van der Waals surface area contributed by atoms with E-state index in [1.807, 2.05) is 0 Å². The molecule has 0 radical (unpaired) electrons. The molecule has 1 heteroatoms. The zero-order chi connectivity index (χ0) is 11.8. The first-order valence-electron chi connectivity index (χ1n) is 6.40. The van der Waals surface area contributed by atoms with Gasteiger partial charge in [-0.15, -0.1) is 0 Å². The summed E-state index contributed by atoms with van der Waals surface area (Å²) >= 11 is 0. The smallest absolute Gasteiger partial charge is 0.00216 e. The van der Waals surface area contributed by atoms with Gasteiger partial charge in [-0.05, 0) is 26.1 Å². The van der Waals surface area contributed by atoms with Crippen LogP contribution < -0.4 is 0 Å². The van der Waals surface area contributed by atoms with Gasteiger partial charge in [-0.2, -0.15) is 0 Å². The Labute approximate surface area is 108 Å². The van der Waals surface area contributed by atoms with E-state index in [2.05, 4.69) is 53.4 Å². The van der Waals surface area contributed by atoms with Gasteiger partial charge < -0.3 is 4.90 Å². The lowest BCUT2D eigenvalue weighted by atomic mass is 10.4. The predicted molar refractivity (Wildman–Crippen MR) is 83.5 cm³/mol. The fourth-order valence-corrected chi connectivity index (χ4v) is 0.856. The van der Waals surface area contributed by atoms with Crippen molar-refractivity contribution in [1.29, 1.82) is 0 Å². The summed E-state index contributed by atoms with van der Waals surface area (Å²) in [5.74, 6) is 0. The van der Waals surface area contributed by atoms with Crippen molar-refractivity contribution in [3.8, 4) is 0 Å². The van der Waals surface area contributed by atoms with Crippen LogP contribution in [0.1, 0.15) is 82.6 Å². The average Bonchev–Trinajstić information content (AvgIpc) is 2.17. The molecular formula is C15H41N. The van der Waals surface area contributed by atoms with Crippen LogP contribution in [0, 0.1) is 0 Å². The Hall–Kier alpha value is -0.0400. The third-order valence-corrected chi connectivity index (χ3v) is 1.43. The summed E-state index contributed by atoms with van der Waals surface area (Å²) in [6.45, 7) is 18.8. The van der Waals surface area contributed by atoms with Crippen molar-refractivity contribution >= 4 is 0 Å². The van der Waals surface area contributed by atoms with Crippen molar-refractivity contribution in [1.82, 2.24) is 4.90 Å². The Morgan fingerprint density at radius 2 is 0.875 bits per heavy atom. The molecule has 0 saturated heterocycles. The molecule has 0 unspecified atom stereocenters. The molecule has 0 fully saturated rings. The molecule has 0 atom stereocenters. The van der Waals surface area contributed by atoms with Crippen molar-refractivity contribution in [2.45, 2.75) is 82.6 Å². The molecule has 0 amide bonds. The quantitative estimate of drug-likeness (QED) is 0.591. The van der Waals surface area contributed by atoms with E-state index >= 15 is 0 Å². The van der Waals surface area contributed by atoms with E-state index < -0.39 is 0 Å². The summed E-state index contributed by atoms with van der Waals surface area (Å²) in [7, 11) is 0. The molecule has 16 heavy (non-hydrogen) atoms. The van der Waals surface area contributed by atoms with Crippen LogP contribution in [-0.4, -0.2) is 24.5 Å². The molecule has 0 saturated carbocycles. The maximum absolute atomic E-state index is 2.43. The van der Waals surface area contributed by atoms with Crippen molar-refractivity contribution in [2.24, 2.45) is 0 Å². The standard InChI is InChI=1S/C7H17N.2C3H8.2CH4/c1-4-7-8(5-2)6-3;2*1-3-2;;/h4-7H2,1-3H3;2*3H2,1-2H3;2*1H4. The molecule has 0 aliphatic heterocycles. The van der Waals surface area contributed by atoms with Gasteiger partial charge in [0.15, 0.2) is 0 Å². The van der Waals surface area contributed by atoms with Gasteiger partial charge in [0, 0.05) is 0 Å². The Balaban J connectivity index is -0.0000000434. The number of hydrogen-bond acceptors (Lipinski definition) is 1. The van der Waals surface area contributed by atoms with Crippen LogP contribution in [0.2, 0.25) is 0 Å². The molecule has 0 bridgehead atoms. The summed E-state index contributed by atoms with van der Waals surface area (Å²) in [5.41, 5.74) is 0. The SMILES string of the molecule is C.C.CCC.CCC.CCCN(CC)CC. The van der Waals surface area contributed by atoms with Gasteiger partial charge >= 0.3 is 0 Å². The molecule has 0 aromatic rings. The summed E-state index contributed by atoms with van der Waals surface area (Å²) in [6, 6.07) is 0. The second-order valence-corrected chi connectivity index (χ2v) is 3.44. The highest BCUT2D eigenvalue weighted by Gasteiger charge is 1.92. The van der Waals surface area contributed by atoms with Crippen LogP contribution >= 0.6 is 0 Å². The average molecular weight is 235 g/mol. The van der Waals surface area contributed by atoms with Crippen molar-refractivity contribution in [3.63, 3.8) is 0 Å². The maximum atomic E-state index is 2.43. The topological polar surface area (TPSA) is 3.24 Å². The van der Waals surface area contributed by atoms with Crippen molar-refractivity contribution < 1.29 is 0 Å². The maximum Gasteiger partial charge on any atom is -0.00216 e. The molecule has 0 heterocycles. The predicted octanol–water partition coefficient (Wildman–Crippen LogP) is 5.84. The lowest BCUT2D eigenvalue weighted by Crippen LogP contribution is -2.23. The van der Waals surface area contributed by atoms with Gasteiger partial charge in [0.1, 0.15) is 0 Å². The monoisotopic (exact) mass is 235 g/mol. The van der Waals surface area contributed by atoms with Gasteiger partial charge in [-0.25, -0.2) is 0 Å². The van der Waals surface area contributed by atoms with Crippen LogP contribution in [0.4, 0.5) is 0 Å². The van der Waals surface area contributed by atoms with Crippen LogP contribution in [-0.2, 0) is 0 Å². The molecule has 0 aliphatic rings. The molecule has 0 aromatic heterocycles. The molecular weight excluding hydrogens is 194 g/mol. The van der Waals surface area contributed by atoms with Crippen molar-refractivity contribution in [2.75, 3.05) is 19.6 Å². The molecule has 0 N–H and O–H groups in total. The summed E-state index contributed by atoms with van der Waals surface area (Å²) in [4.78, 5) is 2.43. The molecule has 1 nitrogen and oxygen atoms in total. The van der Waals surface area contributed by atoms with Crippen LogP contribution in [0.3, 0.4) is 0 Å². The number of hydrogen-bond donors (Lipinski definition) is 0. The zero-order valence-corrected chi connectivity index (χ0v) is 11.7. The Kier molecular flexibility index (Phi) is 67.5. The first kappa shape index (κ1) is 29.7. The fourth-order valence-electron chi connectivity index (χ4n) is 0.856. The summed E-state index contributed by atoms with van der Waals surface area (Å²) in [6.07, 6.45) is 3.78. The Morgan fingerprint density at radius 1 is 0.625 bits per heavy atom. The van der Waals surface area contributed by atoms with Gasteiger partial charge in [0.25, 0.3) is 0 Å². The summed E-state index contributed by atoms with van der Waals surface area (Å²) < 4.78 is 0. The third-order valence-electron chi connectivity index (χ3n) is 1.43. The molecule has 0 spiro atoms. The molecule has 0 aromatic carbocycles. The highest BCUT2D eigenvalue weighted by Crippen LogP contribution is 1.87. The van der Waals surface area contributed by atoms with Crippen LogP contribution in [0.25, 0.3) is 0 Å².